The Bertz CT molecular complexity index is 555. The van der Waals surface area contributed by atoms with E-state index in [4.69, 9.17) is 0 Å². The predicted octanol–water partition coefficient (Wildman–Crippen LogP) is 2.79. The van der Waals surface area contributed by atoms with Gasteiger partial charge in [0.2, 0.25) is 5.91 Å². The van der Waals surface area contributed by atoms with E-state index in [1.807, 2.05) is 6.20 Å². The number of benzene rings is 1. The number of aromatic amines is 1. The fraction of sp³-hybridized carbons (Fsp3) is 0.400. The zero-order chi connectivity index (χ0) is 13.1. The van der Waals surface area contributed by atoms with E-state index < -0.39 is 0 Å². The van der Waals surface area contributed by atoms with Crippen molar-refractivity contribution in [1.82, 2.24) is 10.3 Å². The molecule has 2 rings (SSSR count). The van der Waals surface area contributed by atoms with E-state index in [1.54, 1.807) is 0 Å². The predicted molar refractivity (Wildman–Crippen MR) is 74.6 cm³/mol. The molecule has 2 aromatic rings. The maximum Gasteiger partial charge on any atom is 0.224 e. The van der Waals surface area contributed by atoms with Crippen LogP contribution in [0, 0.1) is 12.8 Å². The van der Waals surface area contributed by atoms with Gasteiger partial charge in [-0.1, -0.05) is 26.0 Å². The van der Waals surface area contributed by atoms with E-state index in [-0.39, 0.29) is 5.91 Å². The lowest BCUT2D eigenvalue weighted by atomic mass is 10.1. The van der Waals surface area contributed by atoms with Gasteiger partial charge in [0.05, 0.1) is 6.42 Å². The molecular formula is C15H20N2O. The normalized spacial score (nSPS) is 11.1. The van der Waals surface area contributed by atoms with Crippen LogP contribution in [-0.4, -0.2) is 17.4 Å². The molecule has 0 unspecified atom stereocenters. The summed E-state index contributed by atoms with van der Waals surface area (Å²) in [6.45, 7) is 6.99. The summed E-state index contributed by atoms with van der Waals surface area (Å²) >= 11 is 0. The molecule has 1 aromatic carbocycles. The minimum atomic E-state index is 0.0881. The zero-order valence-electron chi connectivity index (χ0n) is 11.2. The van der Waals surface area contributed by atoms with Crippen LogP contribution < -0.4 is 5.32 Å². The molecule has 0 atom stereocenters. The summed E-state index contributed by atoms with van der Waals surface area (Å²) in [7, 11) is 0. The molecule has 0 spiro atoms. The molecule has 18 heavy (non-hydrogen) atoms. The van der Waals surface area contributed by atoms with Crippen molar-refractivity contribution >= 4 is 16.8 Å². The highest BCUT2D eigenvalue weighted by atomic mass is 16.1. The molecule has 96 valence electrons. The molecule has 0 saturated carbocycles. The Labute approximate surface area is 108 Å². The molecule has 1 amide bonds. The molecule has 3 nitrogen and oxygen atoms in total. The van der Waals surface area contributed by atoms with Crippen LogP contribution in [0.2, 0.25) is 0 Å². The highest BCUT2D eigenvalue weighted by Crippen LogP contribution is 2.19. The van der Waals surface area contributed by atoms with Crippen molar-refractivity contribution < 1.29 is 4.79 Å². The molecule has 1 aromatic heterocycles. The van der Waals surface area contributed by atoms with Crippen molar-refractivity contribution in [3.8, 4) is 0 Å². The Morgan fingerprint density at radius 1 is 1.39 bits per heavy atom. The molecule has 3 heteroatoms. The van der Waals surface area contributed by atoms with Crippen molar-refractivity contribution in [3.05, 3.63) is 35.5 Å². The second kappa shape index (κ2) is 5.25. The first-order chi connectivity index (χ1) is 8.56. The van der Waals surface area contributed by atoms with Crippen LogP contribution in [0.15, 0.2) is 24.4 Å². The Kier molecular flexibility index (Phi) is 3.70. The highest BCUT2D eigenvalue weighted by molar-refractivity contribution is 5.89. The van der Waals surface area contributed by atoms with E-state index in [9.17, 15) is 4.79 Å². The van der Waals surface area contributed by atoms with Gasteiger partial charge in [-0.25, -0.2) is 0 Å². The molecule has 0 aliphatic heterocycles. The molecule has 0 fully saturated rings. The Balaban J connectivity index is 2.10. The summed E-state index contributed by atoms with van der Waals surface area (Å²) in [5, 5.41) is 4.08. The molecule has 0 radical (unpaired) electrons. The lowest BCUT2D eigenvalue weighted by Gasteiger charge is -2.07. The van der Waals surface area contributed by atoms with Crippen LogP contribution in [0.3, 0.4) is 0 Å². The van der Waals surface area contributed by atoms with Gasteiger partial charge in [0.25, 0.3) is 0 Å². The molecular weight excluding hydrogens is 224 g/mol. The summed E-state index contributed by atoms with van der Waals surface area (Å²) in [5.74, 6) is 0.574. The second-order valence-corrected chi connectivity index (χ2v) is 5.24. The Morgan fingerprint density at radius 3 is 2.89 bits per heavy atom. The Hall–Kier alpha value is -1.77. The molecule has 1 heterocycles. The molecule has 0 bridgehead atoms. The number of hydrogen-bond donors (Lipinski definition) is 2. The van der Waals surface area contributed by atoms with E-state index in [2.05, 4.69) is 49.3 Å². The van der Waals surface area contributed by atoms with Gasteiger partial charge in [0, 0.05) is 23.6 Å². The third-order valence-corrected chi connectivity index (χ3v) is 2.98. The number of rotatable bonds is 4. The van der Waals surface area contributed by atoms with Crippen molar-refractivity contribution in [2.24, 2.45) is 5.92 Å². The van der Waals surface area contributed by atoms with E-state index in [0.29, 0.717) is 12.3 Å². The summed E-state index contributed by atoms with van der Waals surface area (Å²) in [6, 6.07) is 6.25. The van der Waals surface area contributed by atoms with Crippen LogP contribution in [0.5, 0.6) is 0 Å². The topological polar surface area (TPSA) is 44.9 Å². The summed E-state index contributed by atoms with van der Waals surface area (Å²) in [5.41, 5.74) is 3.38. The van der Waals surface area contributed by atoms with Crippen molar-refractivity contribution in [2.75, 3.05) is 6.54 Å². The molecule has 0 aliphatic carbocycles. The fourth-order valence-corrected chi connectivity index (χ4v) is 2.00. The van der Waals surface area contributed by atoms with Crippen molar-refractivity contribution in [3.63, 3.8) is 0 Å². The lowest BCUT2D eigenvalue weighted by molar-refractivity contribution is -0.120. The third-order valence-electron chi connectivity index (χ3n) is 2.98. The number of carbonyl (C=O) groups is 1. The van der Waals surface area contributed by atoms with Gasteiger partial charge < -0.3 is 10.3 Å². The minimum absolute atomic E-state index is 0.0881. The first-order valence-electron chi connectivity index (χ1n) is 6.39. The number of carbonyl (C=O) groups excluding carboxylic acids is 1. The smallest absolute Gasteiger partial charge is 0.224 e. The number of nitrogens with one attached hydrogen (secondary N) is 2. The first-order valence-corrected chi connectivity index (χ1v) is 6.39. The van der Waals surface area contributed by atoms with Crippen LogP contribution in [0.1, 0.15) is 25.0 Å². The van der Waals surface area contributed by atoms with Gasteiger partial charge in [0.1, 0.15) is 0 Å². The molecule has 0 saturated heterocycles. The maximum atomic E-state index is 11.8. The van der Waals surface area contributed by atoms with Crippen molar-refractivity contribution in [1.29, 1.82) is 0 Å². The van der Waals surface area contributed by atoms with Crippen LogP contribution in [0.4, 0.5) is 0 Å². The average Bonchev–Trinajstić information content (AvgIpc) is 2.69. The maximum absolute atomic E-state index is 11.8. The van der Waals surface area contributed by atoms with Gasteiger partial charge in [-0.3, -0.25) is 4.79 Å². The minimum Gasteiger partial charge on any atom is -0.361 e. The van der Waals surface area contributed by atoms with Gasteiger partial charge in [-0.05, 0) is 30.0 Å². The SMILES string of the molecule is Cc1ccc2c(CC(=O)NCC(C)C)c[nH]c2c1. The van der Waals surface area contributed by atoms with E-state index >= 15 is 0 Å². The number of H-pyrrole nitrogens is 1. The van der Waals surface area contributed by atoms with Crippen molar-refractivity contribution in [2.45, 2.75) is 27.2 Å². The largest absolute Gasteiger partial charge is 0.361 e. The Morgan fingerprint density at radius 2 is 2.17 bits per heavy atom. The third kappa shape index (κ3) is 2.92. The standard InChI is InChI=1S/C15H20N2O/c1-10(2)8-17-15(18)7-12-9-16-14-6-11(3)4-5-13(12)14/h4-6,9-10,16H,7-8H2,1-3H3,(H,17,18). The van der Waals surface area contributed by atoms with Crippen LogP contribution in [-0.2, 0) is 11.2 Å². The number of aryl methyl sites for hydroxylation is 1. The monoisotopic (exact) mass is 244 g/mol. The fourth-order valence-electron chi connectivity index (χ4n) is 2.00. The van der Waals surface area contributed by atoms with Gasteiger partial charge in [-0.15, -0.1) is 0 Å². The quantitative estimate of drug-likeness (QED) is 0.853. The first kappa shape index (κ1) is 12.7. The summed E-state index contributed by atoms with van der Waals surface area (Å²) in [4.78, 5) is 15.0. The van der Waals surface area contributed by atoms with Crippen LogP contribution in [0.25, 0.3) is 10.9 Å². The molecule has 0 aliphatic rings. The van der Waals surface area contributed by atoms with Gasteiger partial charge >= 0.3 is 0 Å². The summed E-state index contributed by atoms with van der Waals surface area (Å²) in [6.07, 6.45) is 2.37. The number of fused-ring (bicyclic) bond motifs is 1. The summed E-state index contributed by atoms with van der Waals surface area (Å²) < 4.78 is 0. The number of hydrogen-bond acceptors (Lipinski definition) is 1. The number of amides is 1. The van der Waals surface area contributed by atoms with E-state index in [0.717, 1.165) is 23.0 Å². The van der Waals surface area contributed by atoms with Crippen LogP contribution >= 0.6 is 0 Å². The number of aromatic nitrogens is 1. The average molecular weight is 244 g/mol. The highest BCUT2D eigenvalue weighted by Gasteiger charge is 2.08. The zero-order valence-corrected chi connectivity index (χ0v) is 11.2. The second-order valence-electron chi connectivity index (χ2n) is 5.24. The van der Waals surface area contributed by atoms with Gasteiger partial charge in [-0.2, -0.15) is 0 Å². The van der Waals surface area contributed by atoms with Gasteiger partial charge in [0.15, 0.2) is 0 Å². The lowest BCUT2D eigenvalue weighted by Crippen LogP contribution is -2.28. The molecule has 2 N–H and O–H groups in total. The van der Waals surface area contributed by atoms with E-state index in [1.165, 1.54) is 5.56 Å².